The van der Waals surface area contributed by atoms with E-state index in [0.717, 1.165) is 5.69 Å². The monoisotopic (exact) mass is 340 g/mol. The maximum absolute atomic E-state index is 12.3. The number of benzene rings is 1. The van der Waals surface area contributed by atoms with Crippen molar-refractivity contribution >= 4 is 23.6 Å². The number of aromatic nitrogens is 2. The van der Waals surface area contributed by atoms with Crippen molar-refractivity contribution in [1.29, 1.82) is 0 Å². The first-order valence-electron chi connectivity index (χ1n) is 6.76. The summed E-state index contributed by atoms with van der Waals surface area (Å²) >= 11 is -0.165. The second-order valence-corrected chi connectivity index (χ2v) is 6.12. The summed E-state index contributed by atoms with van der Waals surface area (Å²) < 4.78 is 38.4. The molecule has 0 aliphatic rings. The predicted molar refractivity (Wildman–Crippen MR) is 84.4 cm³/mol. The minimum atomic E-state index is -4.30. The van der Waals surface area contributed by atoms with Crippen molar-refractivity contribution in [3.63, 3.8) is 0 Å². The fourth-order valence-electron chi connectivity index (χ4n) is 2.17. The Kier molecular flexibility index (Phi) is 4.99. The molecule has 1 aromatic carbocycles. The number of thioether (sulfide) groups is 1. The first-order chi connectivity index (χ1) is 10.7. The zero-order chi connectivity index (χ0) is 17.2. The number of ketones is 1. The molecule has 122 valence electrons. The first-order valence-corrected chi connectivity index (χ1v) is 7.57. The molecule has 0 amide bonds. The summed E-state index contributed by atoms with van der Waals surface area (Å²) in [5, 5.41) is 4.18. The van der Waals surface area contributed by atoms with Gasteiger partial charge in [0.2, 0.25) is 0 Å². The van der Waals surface area contributed by atoms with Crippen LogP contribution in [0.1, 0.15) is 27.3 Å². The minimum absolute atomic E-state index is 0.111. The Morgan fingerprint density at radius 3 is 2.30 bits per heavy atom. The SMILES string of the molecule is Cc1nn(C)c(C)c1C(=O)C=Cc1ccc(SC(F)(F)F)cc1. The molecule has 23 heavy (non-hydrogen) atoms. The minimum Gasteiger partial charge on any atom is -0.289 e. The lowest BCUT2D eigenvalue weighted by Gasteiger charge is -2.05. The van der Waals surface area contributed by atoms with E-state index in [-0.39, 0.29) is 22.4 Å². The third-order valence-corrected chi connectivity index (χ3v) is 4.04. The van der Waals surface area contributed by atoms with E-state index in [2.05, 4.69) is 5.10 Å². The van der Waals surface area contributed by atoms with E-state index in [1.54, 1.807) is 36.9 Å². The Hall–Kier alpha value is -2.02. The normalized spacial score (nSPS) is 12.1. The average Bonchev–Trinajstić information content (AvgIpc) is 2.69. The number of carbonyl (C=O) groups is 1. The van der Waals surface area contributed by atoms with Gasteiger partial charge in [-0.3, -0.25) is 9.48 Å². The zero-order valence-corrected chi connectivity index (χ0v) is 13.6. The van der Waals surface area contributed by atoms with Gasteiger partial charge < -0.3 is 0 Å². The number of halogens is 3. The second-order valence-electron chi connectivity index (χ2n) is 4.98. The number of carbonyl (C=O) groups excluding carboxylic acids is 1. The molecular formula is C16H15F3N2OS. The van der Waals surface area contributed by atoms with Gasteiger partial charge in [0.15, 0.2) is 5.78 Å². The fourth-order valence-corrected chi connectivity index (χ4v) is 2.71. The number of aryl methyl sites for hydroxylation is 2. The third kappa shape index (κ3) is 4.48. The van der Waals surface area contributed by atoms with Gasteiger partial charge in [-0.15, -0.1) is 0 Å². The van der Waals surface area contributed by atoms with Crippen molar-refractivity contribution < 1.29 is 18.0 Å². The highest BCUT2D eigenvalue weighted by molar-refractivity contribution is 8.00. The molecule has 0 fully saturated rings. The number of nitrogens with zero attached hydrogens (tertiary/aromatic N) is 2. The molecule has 0 aliphatic heterocycles. The van der Waals surface area contributed by atoms with Crippen LogP contribution in [0, 0.1) is 13.8 Å². The Morgan fingerprint density at radius 2 is 1.83 bits per heavy atom. The van der Waals surface area contributed by atoms with E-state index >= 15 is 0 Å². The Morgan fingerprint density at radius 1 is 1.22 bits per heavy atom. The molecule has 1 heterocycles. The highest BCUT2D eigenvalue weighted by Crippen LogP contribution is 2.36. The molecule has 0 atom stereocenters. The molecule has 0 unspecified atom stereocenters. The molecule has 0 saturated heterocycles. The summed E-state index contributed by atoms with van der Waals surface area (Å²) in [4.78, 5) is 12.3. The van der Waals surface area contributed by atoms with E-state index in [1.165, 1.54) is 18.2 Å². The van der Waals surface area contributed by atoms with Crippen LogP contribution in [0.3, 0.4) is 0 Å². The van der Waals surface area contributed by atoms with Crippen molar-refractivity contribution in [2.75, 3.05) is 0 Å². The molecule has 2 rings (SSSR count). The lowest BCUT2D eigenvalue weighted by atomic mass is 10.1. The van der Waals surface area contributed by atoms with Crippen LogP contribution in [0.2, 0.25) is 0 Å². The van der Waals surface area contributed by atoms with Crippen LogP contribution in [-0.4, -0.2) is 21.1 Å². The van der Waals surface area contributed by atoms with Crippen molar-refractivity contribution in [2.45, 2.75) is 24.3 Å². The number of hydrogen-bond acceptors (Lipinski definition) is 3. The predicted octanol–water partition coefficient (Wildman–Crippen LogP) is 4.54. The lowest BCUT2D eigenvalue weighted by Crippen LogP contribution is -1.99. The highest BCUT2D eigenvalue weighted by atomic mass is 32.2. The topological polar surface area (TPSA) is 34.9 Å². The van der Waals surface area contributed by atoms with Crippen molar-refractivity contribution in [1.82, 2.24) is 9.78 Å². The van der Waals surface area contributed by atoms with Crippen LogP contribution in [0.25, 0.3) is 6.08 Å². The molecule has 3 nitrogen and oxygen atoms in total. The number of alkyl halides is 3. The van der Waals surface area contributed by atoms with Gasteiger partial charge in [-0.25, -0.2) is 0 Å². The molecule has 1 aromatic heterocycles. The van der Waals surface area contributed by atoms with Gasteiger partial charge in [-0.1, -0.05) is 18.2 Å². The Balaban J connectivity index is 2.12. The molecule has 7 heteroatoms. The third-order valence-electron chi connectivity index (χ3n) is 3.30. The Labute approximate surface area is 136 Å². The van der Waals surface area contributed by atoms with Crippen molar-refractivity contribution in [2.24, 2.45) is 7.05 Å². The van der Waals surface area contributed by atoms with Crippen molar-refractivity contribution in [3.05, 3.63) is 52.9 Å². The maximum Gasteiger partial charge on any atom is 0.446 e. The molecule has 0 radical (unpaired) electrons. The zero-order valence-electron chi connectivity index (χ0n) is 12.8. The van der Waals surface area contributed by atoms with Gasteiger partial charge in [0.1, 0.15) is 0 Å². The first kappa shape index (κ1) is 17.3. The number of hydrogen-bond donors (Lipinski definition) is 0. The molecular weight excluding hydrogens is 325 g/mol. The lowest BCUT2D eigenvalue weighted by molar-refractivity contribution is -0.0328. The smallest absolute Gasteiger partial charge is 0.289 e. The van der Waals surface area contributed by atoms with Crippen LogP contribution in [0.15, 0.2) is 35.2 Å². The summed E-state index contributed by atoms with van der Waals surface area (Å²) in [6.07, 6.45) is 2.99. The summed E-state index contributed by atoms with van der Waals surface area (Å²) in [6.45, 7) is 3.57. The van der Waals surface area contributed by atoms with Gasteiger partial charge in [0.05, 0.1) is 11.3 Å². The summed E-state index contributed by atoms with van der Waals surface area (Å²) in [5.74, 6) is -0.179. The molecule has 0 saturated carbocycles. The van der Waals surface area contributed by atoms with Gasteiger partial charge in [0, 0.05) is 17.6 Å². The van der Waals surface area contributed by atoms with Gasteiger partial charge in [0.25, 0.3) is 0 Å². The Bertz CT molecular complexity index is 746. The fraction of sp³-hybridized carbons (Fsp3) is 0.250. The average molecular weight is 340 g/mol. The van der Waals surface area contributed by atoms with Crippen LogP contribution in [-0.2, 0) is 7.05 Å². The molecule has 0 N–H and O–H groups in total. The highest BCUT2D eigenvalue weighted by Gasteiger charge is 2.28. The number of rotatable bonds is 4. The largest absolute Gasteiger partial charge is 0.446 e. The van der Waals surface area contributed by atoms with E-state index < -0.39 is 5.51 Å². The van der Waals surface area contributed by atoms with Gasteiger partial charge >= 0.3 is 5.51 Å². The van der Waals surface area contributed by atoms with E-state index in [9.17, 15) is 18.0 Å². The maximum atomic E-state index is 12.3. The van der Waals surface area contributed by atoms with E-state index in [1.807, 2.05) is 6.92 Å². The molecule has 0 spiro atoms. The van der Waals surface area contributed by atoms with Crippen LogP contribution in [0.4, 0.5) is 13.2 Å². The van der Waals surface area contributed by atoms with Crippen LogP contribution >= 0.6 is 11.8 Å². The van der Waals surface area contributed by atoms with Gasteiger partial charge in [-0.2, -0.15) is 18.3 Å². The summed E-state index contributed by atoms with van der Waals surface area (Å²) in [7, 11) is 1.76. The van der Waals surface area contributed by atoms with Crippen LogP contribution < -0.4 is 0 Å². The second kappa shape index (κ2) is 6.62. The standard InChI is InChI=1S/C16H15F3N2OS/c1-10-15(11(2)21(3)20-10)14(22)9-6-12-4-7-13(8-5-12)23-16(17,18)19/h4-9H,1-3H3. The quantitative estimate of drug-likeness (QED) is 0.465. The summed E-state index contributed by atoms with van der Waals surface area (Å²) in [5.41, 5.74) is -1.68. The van der Waals surface area contributed by atoms with E-state index in [0.29, 0.717) is 16.8 Å². The molecule has 0 aliphatic carbocycles. The van der Waals surface area contributed by atoms with Gasteiger partial charge in [-0.05, 0) is 49.4 Å². The molecule has 2 aromatic rings. The van der Waals surface area contributed by atoms with Crippen LogP contribution in [0.5, 0.6) is 0 Å². The van der Waals surface area contributed by atoms with E-state index in [4.69, 9.17) is 0 Å². The summed E-state index contributed by atoms with van der Waals surface area (Å²) in [6, 6.07) is 5.84. The van der Waals surface area contributed by atoms with Crippen molar-refractivity contribution in [3.8, 4) is 0 Å². The molecule has 0 bridgehead atoms. The number of allylic oxidation sites excluding steroid dienone is 1.